The number of aliphatic hydroxyl groups excluding tert-OH is 1. The van der Waals surface area contributed by atoms with Gasteiger partial charge in [-0.15, -0.1) is 0 Å². The molecule has 0 aliphatic carbocycles. The van der Waals surface area contributed by atoms with Crippen LogP contribution in [0.1, 0.15) is 50.7 Å². The maximum atomic E-state index is 13.3. The number of aliphatic hydroxyl groups is 1. The van der Waals surface area contributed by atoms with Crippen LogP contribution < -0.4 is 9.47 Å². The highest BCUT2D eigenvalue weighted by atomic mass is 16.5. The number of rotatable bonds is 3. The first-order valence-corrected chi connectivity index (χ1v) is 11.8. The Kier molecular flexibility index (Phi) is 5.32. The number of hydrogen-bond donors (Lipinski definition) is 6. The lowest BCUT2D eigenvalue weighted by atomic mass is 9.82. The minimum atomic E-state index is -1.63. The number of phenolic OH excluding ortho intramolecular Hbond substituents is 5. The first kappa shape index (κ1) is 23.5. The van der Waals surface area contributed by atoms with Crippen LogP contribution >= 0.6 is 0 Å². The lowest BCUT2D eigenvalue weighted by Gasteiger charge is -2.32. The summed E-state index contributed by atoms with van der Waals surface area (Å²) in [7, 11) is 0. The molecule has 6 rings (SSSR count). The van der Waals surface area contributed by atoms with Crippen molar-refractivity contribution in [1.29, 1.82) is 0 Å². The van der Waals surface area contributed by atoms with Crippen molar-refractivity contribution in [2.45, 2.75) is 24.2 Å². The van der Waals surface area contributed by atoms with E-state index in [9.17, 15) is 35.4 Å². The molecule has 0 unspecified atom stereocenters. The maximum absolute atomic E-state index is 13.3. The molecule has 0 spiro atoms. The molecule has 2 heterocycles. The van der Waals surface area contributed by atoms with Crippen molar-refractivity contribution in [1.82, 2.24) is 0 Å². The molecular weight excluding hydrogens is 492 g/mol. The number of hydrogen-bond acceptors (Lipinski definition) is 9. The van der Waals surface area contributed by atoms with Gasteiger partial charge in [0.2, 0.25) is 5.78 Å². The van der Waals surface area contributed by atoms with Crippen LogP contribution in [0.15, 0.2) is 72.8 Å². The molecule has 2 aliphatic heterocycles. The monoisotopic (exact) mass is 514 g/mol. The van der Waals surface area contributed by atoms with Gasteiger partial charge in [-0.3, -0.25) is 4.79 Å². The van der Waals surface area contributed by atoms with Crippen molar-refractivity contribution in [3.63, 3.8) is 0 Å². The van der Waals surface area contributed by atoms with E-state index in [1.54, 1.807) is 12.1 Å². The number of ketones is 1. The molecule has 192 valence electrons. The number of benzene rings is 4. The second-order valence-electron chi connectivity index (χ2n) is 9.34. The molecule has 0 amide bonds. The van der Waals surface area contributed by atoms with E-state index in [1.807, 2.05) is 0 Å². The average molecular weight is 514 g/mol. The zero-order valence-electron chi connectivity index (χ0n) is 19.6. The maximum Gasteiger partial charge on any atom is 0.202 e. The van der Waals surface area contributed by atoms with E-state index in [4.69, 9.17) is 9.47 Å². The van der Waals surface area contributed by atoms with Crippen molar-refractivity contribution in [2.24, 2.45) is 0 Å². The molecule has 0 fully saturated rings. The van der Waals surface area contributed by atoms with Crippen LogP contribution in [0.3, 0.4) is 0 Å². The van der Waals surface area contributed by atoms with Crippen LogP contribution in [-0.4, -0.2) is 42.5 Å². The number of carbonyl (C=O) groups excluding carboxylic acids is 1. The van der Waals surface area contributed by atoms with Crippen molar-refractivity contribution in [3.05, 3.63) is 101 Å². The summed E-state index contributed by atoms with van der Waals surface area (Å²) >= 11 is 0. The number of fused-ring (bicyclic) bond motifs is 3. The quantitative estimate of drug-likeness (QED) is 0.236. The average Bonchev–Trinajstić information content (AvgIpc) is 3.25. The van der Waals surface area contributed by atoms with Gasteiger partial charge in [0, 0.05) is 17.7 Å². The fourth-order valence-corrected chi connectivity index (χ4v) is 5.20. The third-order valence-electron chi connectivity index (χ3n) is 6.90. The van der Waals surface area contributed by atoms with Crippen molar-refractivity contribution >= 4 is 5.78 Å². The molecule has 9 nitrogen and oxygen atoms in total. The zero-order chi connectivity index (χ0) is 26.7. The molecule has 4 atom stereocenters. The fourth-order valence-electron chi connectivity index (χ4n) is 5.20. The normalized spacial score (nSPS) is 21.8. The van der Waals surface area contributed by atoms with Gasteiger partial charge in [0.05, 0.1) is 5.92 Å². The summed E-state index contributed by atoms with van der Waals surface area (Å²) in [6, 6.07) is 17.5. The molecule has 9 heteroatoms. The Morgan fingerprint density at radius 3 is 1.74 bits per heavy atom. The van der Waals surface area contributed by atoms with Crippen LogP contribution in [0.25, 0.3) is 0 Å². The van der Waals surface area contributed by atoms with Gasteiger partial charge >= 0.3 is 0 Å². The Morgan fingerprint density at radius 1 is 0.605 bits per heavy atom. The number of phenols is 5. The Balaban J connectivity index is 1.57. The summed E-state index contributed by atoms with van der Waals surface area (Å²) in [6.07, 6.45) is -3.53. The predicted octanol–water partition coefficient (Wildman–Crippen LogP) is 4.16. The van der Waals surface area contributed by atoms with E-state index < -0.39 is 35.8 Å². The van der Waals surface area contributed by atoms with Gasteiger partial charge in [-0.2, -0.15) is 0 Å². The summed E-state index contributed by atoms with van der Waals surface area (Å²) in [6.45, 7) is 0. The molecule has 0 saturated carbocycles. The van der Waals surface area contributed by atoms with Gasteiger partial charge in [-0.05, 0) is 53.1 Å². The predicted molar refractivity (Wildman–Crippen MR) is 133 cm³/mol. The van der Waals surface area contributed by atoms with E-state index >= 15 is 0 Å². The van der Waals surface area contributed by atoms with Crippen molar-refractivity contribution < 1.29 is 44.9 Å². The Hall–Kier alpha value is -4.89. The smallest absolute Gasteiger partial charge is 0.202 e. The molecule has 0 saturated heterocycles. The van der Waals surface area contributed by atoms with E-state index in [0.717, 1.165) is 0 Å². The first-order valence-electron chi connectivity index (χ1n) is 11.8. The minimum absolute atomic E-state index is 0.00166. The molecule has 0 aromatic heterocycles. The number of ether oxygens (including phenoxy) is 2. The fraction of sp³-hybridized carbons (Fsp3) is 0.138. The highest BCUT2D eigenvalue weighted by Gasteiger charge is 2.47. The number of carbonyl (C=O) groups is 1. The van der Waals surface area contributed by atoms with Gasteiger partial charge in [-0.25, -0.2) is 0 Å². The first-order chi connectivity index (χ1) is 18.2. The van der Waals surface area contributed by atoms with Crippen LogP contribution in [0.2, 0.25) is 0 Å². The highest BCUT2D eigenvalue weighted by Crippen LogP contribution is 2.58. The molecule has 0 radical (unpaired) electrons. The van der Waals surface area contributed by atoms with Crippen LogP contribution in [0.4, 0.5) is 0 Å². The third kappa shape index (κ3) is 3.72. The van der Waals surface area contributed by atoms with Gasteiger partial charge in [0.25, 0.3) is 0 Å². The van der Waals surface area contributed by atoms with Crippen LogP contribution in [0, 0.1) is 0 Å². The topological polar surface area (TPSA) is 157 Å². The molecule has 38 heavy (non-hydrogen) atoms. The zero-order valence-corrected chi connectivity index (χ0v) is 19.6. The third-order valence-corrected chi connectivity index (χ3v) is 6.90. The van der Waals surface area contributed by atoms with E-state index in [1.165, 1.54) is 60.7 Å². The molecule has 0 bridgehead atoms. The van der Waals surface area contributed by atoms with Gasteiger partial charge in [0.15, 0.2) is 12.2 Å². The second-order valence-corrected chi connectivity index (χ2v) is 9.34. The van der Waals surface area contributed by atoms with Gasteiger partial charge in [-0.1, -0.05) is 24.3 Å². The summed E-state index contributed by atoms with van der Waals surface area (Å²) < 4.78 is 12.5. The Labute approximate surface area is 216 Å². The SMILES string of the molecule is O=C1c2c(O)cc3c(c2O[C@@H](c2ccc(O)cc2)[C@@H]1O)[C@H](c1cc(O)cc(O)c1)[C@@H](c1ccc(O)cc1)O3. The lowest BCUT2D eigenvalue weighted by molar-refractivity contribution is 0.0207. The Bertz CT molecular complexity index is 1540. The van der Waals surface area contributed by atoms with Crippen LogP contribution in [0.5, 0.6) is 40.2 Å². The minimum Gasteiger partial charge on any atom is -0.508 e. The van der Waals surface area contributed by atoms with Crippen molar-refractivity contribution in [2.75, 3.05) is 0 Å². The van der Waals surface area contributed by atoms with Crippen LogP contribution in [-0.2, 0) is 0 Å². The van der Waals surface area contributed by atoms with Gasteiger partial charge < -0.3 is 40.1 Å². The second kappa shape index (κ2) is 8.60. The van der Waals surface area contributed by atoms with E-state index in [-0.39, 0.29) is 40.1 Å². The molecule has 4 aromatic rings. The summed E-state index contributed by atoms with van der Waals surface area (Å²) in [4.78, 5) is 13.3. The van der Waals surface area contributed by atoms with Crippen molar-refractivity contribution in [3.8, 4) is 40.2 Å². The number of aromatic hydroxyl groups is 5. The summed E-state index contributed by atoms with van der Waals surface area (Å²) in [5.74, 6) is -2.05. The lowest BCUT2D eigenvalue weighted by Crippen LogP contribution is -2.36. The highest BCUT2D eigenvalue weighted by molar-refractivity contribution is 6.06. The Morgan fingerprint density at radius 2 is 1.16 bits per heavy atom. The molecule has 2 aliphatic rings. The van der Waals surface area contributed by atoms with E-state index in [0.29, 0.717) is 22.3 Å². The standard InChI is InChI=1S/C29H22O9/c30-16-5-1-13(2-6-16)27-22(15-9-18(32)11-19(33)10-15)24-21(37-27)12-20(34)23-25(35)26(36)28(38-29(23)24)14-3-7-17(31)8-4-14/h1-12,22,26-28,30-34,36H/t22-,26+,27+,28-/m0/s1. The molecule has 4 aromatic carbocycles. The number of Topliss-reactive ketones (excluding diaryl/α,β-unsaturated/α-hetero) is 1. The van der Waals surface area contributed by atoms with E-state index in [2.05, 4.69) is 0 Å². The molecular formula is C29H22O9. The summed E-state index contributed by atoms with van der Waals surface area (Å²) in [5, 5.41) is 61.6. The molecule has 6 N–H and O–H groups in total. The van der Waals surface area contributed by atoms with Gasteiger partial charge in [0.1, 0.15) is 51.9 Å². The largest absolute Gasteiger partial charge is 0.508 e. The summed E-state index contributed by atoms with van der Waals surface area (Å²) in [5.41, 5.74) is 1.67.